The number of rotatable bonds is 3. The molecule has 0 N–H and O–H groups in total. The van der Waals surface area contributed by atoms with Crippen LogP contribution in [-0.4, -0.2) is 0 Å². The van der Waals surface area contributed by atoms with Crippen LogP contribution >= 0.6 is 11.3 Å². The Labute approximate surface area is 90.3 Å². The molecule has 0 aromatic carbocycles. The highest BCUT2D eigenvalue weighted by Crippen LogP contribution is 2.08. The third kappa shape index (κ3) is 3.15. The maximum Gasteiger partial charge on any atom is 0.0339 e. The van der Waals surface area contributed by atoms with Crippen molar-refractivity contribution in [2.24, 2.45) is 5.92 Å². The lowest BCUT2D eigenvalue weighted by atomic mass is 10.1. The lowest BCUT2D eigenvalue weighted by molar-refractivity contribution is 0.654. The van der Waals surface area contributed by atoms with Gasteiger partial charge in [0.15, 0.2) is 0 Å². The highest BCUT2D eigenvalue weighted by molar-refractivity contribution is 7.09. The fraction of sp³-hybridized carbons (Fsp3) is 0.385. The fourth-order valence-electron chi connectivity index (χ4n) is 1.33. The molecule has 0 aliphatic carbocycles. The molecule has 0 aliphatic heterocycles. The van der Waals surface area contributed by atoms with E-state index in [-0.39, 0.29) is 0 Å². The summed E-state index contributed by atoms with van der Waals surface area (Å²) in [5.41, 5.74) is 0. The first-order valence-corrected chi connectivity index (χ1v) is 5.85. The number of hydrogen-bond donors (Lipinski definition) is 0. The van der Waals surface area contributed by atoms with Gasteiger partial charge in [0, 0.05) is 9.41 Å². The smallest absolute Gasteiger partial charge is 0.0339 e. The van der Waals surface area contributed by atoms with E-state index in [0.29, 0.717) is 0 Å². The molecule has 0 saturated heterocycles. The van der Waals surface area contributed by atoms with Crippen LogP contribution in [0.2, 0.25) is 0 Å². The van der Waals surface area contributed by atoms with Crippen molar-refractivity contribution in [2.75, 3.05) is 0 Å². The summed E-state index contributed by atoms with van der Waals surface area (Å²) in [7, 11) is 0. The van der Waals surface area contributed by atoms with Gasteiger partial charge >= 0.3 is 0 Å². The minimum absolute atomic E-state index is 0.725. The van der Waals surface area contributed by atoms with E-state index in [9.17, 15) is 0 Å². The molecule has 0 bridgehead atoms. The quantitative estimate of drug-likeness (QED) is 0.713. The van der Waals surface area contributed by atoms with E-state index >= 15 is 0 Å². The van der Waals surface area contributed by atoms with E-state index in [1.54, 1.807) is 0 Å². The zero-order valence-corrected chi connectivity index (χ0v) is 10.0. The van der Waals surface area contributed by atoms with Crippen molar-refractivity contribution < 1.29 is 0 Å². The Balaban J connectivity index is 2.99. The van der Waals surface area contributed by atoms with Crippen molar-refractivity contribution in [2.45, 2.75) is 27.2 Å². The SMILES string of the molecule is C=c1cc(CC(C)C)s/c1=C/C=C\C. The van der Waals surface area contributed by atoms with Crippen molar-refractivity contribution in [3.63, 3.8) is 0 Å². The predicted octanol–water partition coefficient (Wildman–Crippen LogP) is 2.71. The molecule has 0 radical (unpaired) electrons. The van der Waals surface area contributed by atoms with Crippen LogP contribution in [0.4, 0.5) is 0 Å². The summed E-state index contributed by atoms with van der Waals surface area (Å²) < 4.78 is 1.29. The molecule has 0 atom stereocenters. The summed E-state index contributed by atoms with van der Waals surface area (Å²) in [6, 6.07) is 2.21. The van der Waals surface area contributed by atoms with Crippen LogP contribution < -0.4 is 9.75 Å². The van der Waals surface area contributed by atoms with Crippen LogP contribution in [0.1, 0.15) is 25.6 Å². The van der Waals surface area contributed by atoms with Crippen molar-refractivity contribution in [3.05, 3.63) is 32.8 Å². The first kappa shape index (κ1) is 11.3. The molecule has 1 aromatic heterocycles. The van der Waals surface area contributed by atoms with E-state index in [4.69, 9.17) is 0 Å². The van der Waals surface area contributed by atoms with Crippen molar-refractivity contribution in [1.29, 1.82) is 0 Å². The summed E-state index contributed by atoms with van der Waals surface area (Å²) in [6.07, 6.45) is 7.41. The average Bonchev–Trinajstić information content (AvgIpc) is 2.41. The zero-order valence-electron chi connectivity index (χ0n) is 9.21. The molecule has 0 aliphatic rings. The maximum absolute atomic E-state index is 4.05. The molecule has 0 fully saturated rings. The minimum Gasteiger partial charge on any atom is -0.140 e. The maximum atomic E-state index is 4.05. The van der Waals surface area contributed by atoms with E-state index in [1.807, 2.05) is 24.3 Å². The second-order valence-electron chi connectivity index (χ2n) is 3.89. The Morgan fingerprint density at radius 3 is 2.79 bits per heavy atom. The molecule has 0 nitrogen and oxygen atoms in total. The lowest BCUT2D eigenvalue weighted by Gasteiger charge is -1.98. The van der Waals surface area contributed by atoms with Gasteiger partial charge in [-0.3, -0.25) is 0 Å². The second-order valence-corrected chi connectivity index (χ2v) is 5.06. The largest absolute Gasteiger partial charge is 0.140 e. The Morgan fingerprint density at radius 1 is 1.50 bits per heavy atom. The highest BCUT2D eigenvalue weighted by atomic mass is 32.1. The van der Waals surface area contributed by atoms with Crippen LogP contribution in [0.15, 0.2) is 18.2 Å². The second kappa shape index (κ2) is 5.16. The predicted molar refractivity (Wildman–Crippen MR) is 66.9 cm³/mol. The summed E-state index contributed by atoms with van der Waals surface area (Å²) in [5, 5.41) is 1.16. The number of thiophene rings is 1. The van der Waals surface area contributed by atoms with Gasteiger partial charge in [0.1, 0.15) is 0 Å². The summed E-state index contributed by atoms with van der Waals surface area (Å²) in [6.45, 7) is 10.6. The molecule has 76 valence electrons. The molecular formula is C13H18S. The van der Waals surface area contributed by atoms with Crippen LogP contribution in [0.5, 0.6) is 0 Å². The number of allylic oxidation sites excluding steroid dienone is 2. The van der Waals surface area contributed by atoms with Gasteiger partial charge in [-0.1, -0.05) is 32.6 Å². The molecular weight excluding hydrogens is 188 g/mol. The highest BCUT2D eigenvalue weighted by Gasteiger charge is 1.99. The Bertz CT molecular complexity index is 407. The molecule has 0 saturated carbocycles. The van der Waals surface area contributed by atoms with Gasteiger partial charge in [-0.25, -0.2) is 0 Å². The van der Waals surface area contributed by atoms with Gasteiger partial charge in [-0.05, 0) is 36.6 Å². The minimum atomic E-state index is 0.725. The molecule has 1 aromatic rings. The van der Waals surface area contributed by atoms with E-state index in [0.717, 1.165) is 17.6 Å². The molecule has 1 rings (SSSR count). The van der Waals surface area contributed by atoms with Gasteiger partial charge in [-0.15, -0.1) is 11.3 Å². The van der Waals surface area contributed by atoms with Gasteiger partial charge in [0.2, 0.25) is 0 Å². The Kier molecular flexibility index (Phi) is 4.15. The summed E-state index contributed by atoms with van der Waals surface area (Å²) in [4.78, 5) is 1.45. The first-order chi connectivity index (χ1) is 6.63. The average molecular weight is 206 g/mol. The summed E-state index contributed by atoms with van der Waals surface area (Å²) >= 11 is 1.86. The molecule has 0 unspecified atom stereocenters. The number of hydrogen-bond acceptors (Lipinski definition) is 1. The Hall–Kier alpha value is -0.820. The van der Waals surface area contributed by atoms with Gasteiger partial charge in [0.25, 0.3) is 0 Å². The van der Waals surface area contributed by atoms with Crippen molar-refractivity contribution in [1.82, 2.24) is 0 Å². The molecule has 1 heteroatoms. The van der Waals surface area contributed by atoms with Crippen LogP contribution in [0.25, 0.3) is 12.7 Å². The third-order valence-corrected chi connectivity index (χ3v) is 3.11. The van der Waals surface area contributed by atoms with E-state index < -0.39 is 0 Å². The van der Waals surface area contributed by atoms with Crippen LogP contribution in [-0.2, 0) is 6.42 Å². The van der Waals surface area contributed by atoms with Crippen molar-refractivity contribution >= 4 is 24.0 Å². The Morgan fingerprint density at radius 2 is 2.21 bits per heavy atom. The molecule has 0 spiro atoms. The van der Waals surface area contributed by atoms with E-state index in [2.05, 4.69) is 38.6 Å². The first-order valence-electron chi connectivity index (χ1n) is 5.04. The normalized spacial score (nSPS) is 13.3. The fourth-order valence-corrected chi connectivity index (χ4v) is 2.57. The molecule has 0 amide bonds. The molecule has 14 heavy (non-hydrogen) atoms. The standard InChI is InChI=1S/C13H18S/c1-5-6-7-13-11(4)9-12(14-13)8-10(2)3/h5-7,9-10H,4,8H2,1-3H3/b6-5-,13-7+. The van der Waals surface area contributed by atoms with Crippen LogP contribution in [0, 0.1) is 5.92 Å². The topological polar surface area (TPSA) is 0 Å². The zero-order chi connectivity index (χ0) is 10.6. The van der Waals surface area contributed by atoms with Gasteiger partial charge in [0.05, 0.1) is 0 Å². The van der Waals surface area contributed by atoms with Gasteiger partial charge < -0.3 is 0 Å². The third-order valence-electron chi connectivity index (χ3n) is 1.94. The summed E-state index contributed by atoms with van der Waals surface area (Å²) in [5.74, 6) is 0.725. The van der Waals surface area contributed by atoms with E-state index in [1.165, 1.54) is 9.41 Å². The van der Waals surface area contributed by atoms with Crippen LogP contribution in [0.3, 0.4) is 0 Å². The van der Waals surface area contributed by atoms with Crippen molar-refractivity contribution in [3.8, 4) is 0 Å². The monoisotopic (exact) mass is 206 g/mol. The van der Waals surface area contributed by atoms with Gasteiger partial charge in [-0.2, -0.15) is 0 Å². The lowest BCUT2D eigenvalue weighted by Crippen LogP contribution is -2.14. The molecule has 1 heterocycles.